The van der Waals surface area contributed by atoms with Gasteiger partial charge in [-0.1, -0.05) is 38.2 Å². The number of thiazole rings is 1. The lowest BCUT2D eigenvalue weighted by Gasteiger charge is -2.27. The Hall–Kier alpha value is -3.33. The first kappa shape index (κ1) is 25.3. The number of nitrogens with zero attached hydrogens (tertiary/aromatic N) is 5. The Morgan fingerprint density at radius 2 is 1.97 bits per heavy atom. The predicted octanol–water partition coefficient (Wildman–Crippen LogP) is 6.41. The molecule has 1 aromatic carbocycles. The molecule has 0 radical (unpaired) electrons. The van der Waals surface area contributed by atoms with Gasteiger partial charge in [-0.05, 0) is 49.4 Å². The molecule has 0 saturated heterocycles. The second-order valence-corrected chi connectivity index (χ2v) is 11.0. The van der Waals surface area contributed by atoms with Crippen LogP contribution in [0.25, 0.3) is 21.5 Å². The Morgan fingerprint density at radius 1 is 1.14 bits per heavy atom. The van der Waals surface area contributed by atoms with Crippen molar-refractivity contribution in [2.75, 3.05) is 30.5 Å². The summed E-state index contributed by atoms with van der Waals surface area (Å²) in [6.07, 6.45) is 3.12. The molecule has 0 bridgehead atoms. The van der Waals surface area contributed by atoms with Crippen molar-refractivity contribution < 1.29 is 9.13 Å². The van der Waals surface area contributed by atoms with Crippen LogP contribution < -0.4 is 15.4 Å². The van der Waals surface area contributed by atoms with Crippen molar-refractivity contribution in [3.05, 3.63) is 53.1 Å². The summed E-state index contributed by atoms with van der Waals surface area (Å²) in [5.74, 6) is 2.98. The molecular formula is C28H33FN6OS. The largest absolute Gasteiger partial charge is 0.491 e. The first-order valence-electron chi connectivity index (χ1n) is 12.8. The quantitative estimate of drug-likeness (QED) is 0.301. The average Bonchev–Trinajstić information content (AvgIpc) is 3.11. The fraction of sp³-hybridized carbons (Fsp3) is 0.429. The molecule has 5 rings (SSSR count). The molecule has 1 aliphatic heterocycles. The second kappa shape index (κ2) is 10.6. The van der Waals surface area contributed by atoms with Gasteiger partial charge in [-0.15, -0.1) is 0 Å². The van der Waals surface area contributed by atoms with Crippen molar-refractivity contribution in [2.45, 2.75) is 58.9 Å². The Labute approximate surface area is 220 Å². The number of halogens is 1. The van der Waals surface area contributed by atoms with E-state index in [0.29, 0.717) is 31.2 Å². The van der Waals surface area contributed by atoms with E-state index in [1.54, 1.807) is 0 Å². The molecule has 0 aliphatic carbocycles. The van der Waals surface area contributed by atoms with Gasteiger partial charge < -0.3 is 15.4 Å². The van der Waals surface area contributed by atoms with E-state index in [9.17, 15) is 4.39 Å². The highest BCUT2D eigenvalue weighted by Gasteiger charge is 2.25. The molecule has 7 nitrogen and oxygen atoms in total. The number of alkyl halides is 1. The topological polar surface area (TPSA) is 90.0 Å². The first-order valence-corrected chi connectivity index (χ1v) is 13.6. The molecule has 1 aliphatic rings. The summed E-state index contributed by atoms with van der Waals surface area (Å²) in [5.41, 5.74) is 11.9. The molecule has 0 fully saturated rings. The molecule has 2 N–H and O–H groups in total. The number of aryl methyl sites for hydroxylation is 1. The van der Waals surface area contributed by atoms with Crippen molar-refractivity contribution in [2.24, 2.45) is 0 Å². The zero-order chi connectivity index (χ0) is 26.1. The lowest BCUT2D eigenvalue weighted by atomic mass is 9.99. The van der Waals surface area contributed by atoms with E-state index >= 15 is 0 Å². The Kier molecular flexibility index (Phi) is 7.24. The summed E-state index contributed by atoms with van der Waals surface area (Å²) in [6, 6.07) is 8.29. The highest BCUT2D eigenvalue weighted by atomic mass is 32.1. The first-order chi connectivity index (χ1) is 17.8. The number of hydrogen-bond acceptors (Lipinski definition) is 8. The predicted molar refractivity (Wildman–Crippen MR) is 148 cm³/mol. The van der Waals surface area contributed by atoms with E-state index in [2.05, 4.69) is 54.7 Å². The standard InChI is InChI=1S/C28H33FN6OS/c1-16(2)24-18(4)32-25(17(3)6-5-9-29)34-26(24)35-10-11-36-23-8-7-19(12-21(23)15-35)20-13-22-27(31-14-20)37-28(30)33-22/h7-8,12-14,16-17H,5-6,9-11,15H2,1-4H3,(H2,30,33)/t17-/m1/s1. The third-order valence-corrected chi connectivity index (χ3v) is 7.67. The highest BCUT2D eigenvalue weighted by Crippen LogP contribution is 2.35. The molecule has 0 spiro atoms. The maximum atomic E-state index is 12.8. The third kappa shape index (κ3) is 5.23. The zero-order valence-electron chi connectivity index (χ0n) is 21.8. The molecule has 0 amide bonds. The number of nitrogen functional groups attached to an aromatic ring is 1. The molecule has 0 saturated carbocycles. The number of aromatic nitrogens is 4. The van der Waals surface area contributed by atoms with Crippen LogP contribution in [-0.4, -0.2) is 39.8 Å². The molecule has 0 unspecified atom stereocenters. The van der Waals surface area contributed by atoms with Crippen molar-refractivity contribution in [3.63, 3.8) is 0 Å². The van der Waals surface area contributed by atoms with Crippen LogP contribution in [0.2, 0.25) is 0 Å². The van der Waals surface area contributed by atoms with E-state index < -0.39 is 0 Å². The van der Waals surface area contributed by atoms with Gasteiger partial charge in [0.25, 0.3) is 0 Å². The molecule has 194 valence electrons. The van der Waals surface area contributed by atoms with Crippen molar-refractivity contribution in [1.29, 1.82) is 0 Å². The molecule has 9 heteroatoms. The van der Waals surface area contributed by atoms with Crippen LogP contribution in [0.3, 0.4) is 0 Å². The Balaban J connectivity index is 1.51. The van der Waals surface area contributed by atoms with Crippen LogP contribution in [0.4, 0.5) is 15.3 Å². The second-order valence-electron chi connectivity index (χ2n) is 9.98. The van der Waals surface area contributed by atoms with Gasteiger partial charge >= 0.3 is 0 Å². The van der Waals surface area contributed by atoms with Crippen LogP contribution in [0.5, 0.6) is 5.75 Å². The van der Waals surface area contributed by atoms with Gasteiger partial charge in [-0.25, -0.2) is 19.9 Å². The third-order valence-electron chi connectivity index (χ3n) is 6.86. The summed E-state index contributed by atoms with van der Waals surface area (Å²) >= 11 is 1.39. The Bertz CT molecular complexity index is 1420. The molecule has 37 heavy (non-hydrogen) atoms. The average molecular weight is 521 g/mol. The van der Waals surface area contributed by atoms with E-state index in [4.69, 9.17) is 20.4 Å². The van der Waals surface area contributed by atoms with Crippen molar-refractivity contribution in [1.82, 2.24) is 19.9 Å². The van der Waals surface area contributed by atoms with Gasteiger partial charge in [0.15, 0.2) is 5.13 Å². The molecule has 4 heterocycles. The number of hydrogen-bond donors (Lipinski definition) is 1. The SMILES string of the molecule is Cc1nc([C@H](C)CCCF)nc(N2CCOc3ccc(-c4cnc5sc(N)nc5c4)cc3C2)c1C(C)C. The maximum Gasteiger partial charge on any atom is 0.182 e. The van der Waals surface area contributed by atoms with Crippen LogP contribution in [0, 0.1) is 6.92 Å². The van der Waals surface area contributed by atoms with Crippen LogP contribution >= 0.6 is 11.3 Å². The number of anilines is 2. The molecule has 3 aromatic heterocycles. The van der Waals surface area contributed by atoms with Crippen LogP contribution in [0.15, 0.2) is 30.5 Å². The molecule has 1 atom stereocenters. The Morgan fingerprint density at radius 3 is 2.76 bits per heavy atom. The fourth-order valence-corrected chi connectivity index (χ4v) is 5.65. The summed E-state index contributed by atoms with van der Waals surface area (Å²) in [5, 5.41) is 0.519. The van der Waals surface area contributed by atoms with Crippen molar-refractivity contribution >= 4 is 32.6 Å². The number of fused-ring (bicyclic) bond motifs is 2. The summed E-state index contributed by atoms with van der Waals surface area (Å²) < 4.78 is 19.0. The number of benzene rings is 1. The summed E-state index contributed by atoms with van der Waals surface area (Å²) in [7, 11) is 0. The van der Waals surface area contributed by atoms with Crippen LogP contribution in [0.1, 0.15) is 68.1 Å². The lowest BCUT2D eigenvalue weighted by Crippen LogP contribution is -2.29. The van der Waals surface area contributed by atoms with Gasteiger partial charge in [0.05, 0.1) is 13.2 Å². The highest BCUT2D eigenvalue weighted by molar-refractivity contribution is 7.21. The van der Waals surface area contributed by atoms with Gasteiger partial charge in [0.1, 0.15) is 34.3 Å². The maximum absolute atomic E-state index is 12.8. The number of ether oxygens (including phenoxy) is 1. The number of pyridine rings is 1. The molecule has 4 aromatic rings. The van der Waals surface area contributed by atoms with Crippen LogP contribution in [-0.2, 0) is 6.54 Å². The molecular weight excluding hydrogens is 487 g/mol. The minimum Gasteiger partial charge on any atom is -0.491 e. The van der Waals surface area contributed by atoms with Gasteiger partial charge in [-0.3, -0.25) is 4.39 Å². The summed E-state index contributed by atoms with van der Waals surface area (Å²) in [6.45, 7) is 10.1. The number of nitrogens with two attached hydrogens (primary N) is 1. The normalized spacial score (nSPS) is 14.5. The minimum atomic E-state index is -0.318. The zero-order valence-corrected chi connectivity index (χ0v) is 22.6. The minimum absolute atomic E-state index is 0.0960. The lowest BCUT2D eigenvalue weighted by molar-refractivity contribution is 0.331. The van der Waals surface area contributed by atoms with E-state index in [0.717, 1.165) is 62.1 Å². The van der Waals surface area contributed by atoms with E-state index in [-0.39, 0.29) is 18.5 Å². The van der Waals surface area contributed by atoms with Gasteiger partial charge in [0, 0.05) is 41.0 Å². The monoisotopic (exact) mass is 520 g/mol. The van der Waals surface area contributed by atoms with E-state index in [1.807, 2.05) is 18.3 Å². The fourth-order valence-electron chi connectivity index (χ4n) is 4.99. The smallest absolute Gasteiger partial charge is 0.182 e. The van der Waals surface area contributed by atoms with Crippen molar-refractivity contribution in [3.8, 4) is 16.9 Å². The van der Waals surface area contributed by atoms with E-state index in [1.165, 1.54) is 11.3 Å². The summed E-state index contributed by atoms with van der Waals surface area (Å²) in [4.78, 5) is 22.0. The van der Waals surface area contributed by atoms with Gasteiger partial charge in [-0.2, -0.15) is 0 Å². The van der Waals surface area contributed by atoms with Gasteiger partial charge in [0.2, 0.25) is 0 Å². The number of rotatable bonds is 7.